The summed E-state index contributed by atoms with van der Waals surface area (Å²) in [4.78, 5) is 16.8. The van der Waals surface area contributed by atoms with Crippen LogP contribution < -0.4 is 5.32 Å². The SMILES string of the molecule is C[C@@H](Sc1nccn1C)C(=O)Nc1ccccc1-c1ccccc1. The van der Waals surface area contributed by atoms with Gasteiger partial charge in [-0.2, -0.15) is 0 Å². The molecule has 24 heavy (non-hydrogen) atoms. The fourth-order valence-electron chi connectivity index (χ4n) is 2.37. The molecule has 3 rings (SSSR count). The molecular formula is C19H19N3OS. The van der Waals surface area contributed by atoms with Crippen LogP contribution in [0.15, 0.2) is 72.1 Å². The van der Waals surface area contributed by atoms with Crippen molar-refractivity contribution in [2.75, 3.05) is 5.32 Å². The maximum atomic E-state index is 12.6. The Morgan fingerprint density at radius 1 is 1.12 bits per heavy atom. The average Bonchev–Trinajstić information content (AvgIpc) is 3.01. The van der Waals surface area contributed by atoms with Crippen LogP contribution in [0, 0.1) is 0 Å². The molecule has 0 aliphatic heterocycles. The average molecular weight is 337 g/mol. The predicted molar refractivity (Wildman–Crippen MR) is 99.0 cm³/mol. The molecule has 2 aromatic carbocycles. The zero-order chi connectivity index (χ0) is 16.9. The number of carbonyl (C=O) groups excluding carboxylic acids is 1. The first kappa shape index (κ1) is 16.3. The molecule has 122 valence electrons. The van der Waals surface area contributed by atoms with E-state index < -0.39 is 0 Å². The fourth-order valence-corrected chi connectivity index (χ4v) is 3.20. The summed E-state index contributed by atoms with van der Waals surface area (Å²) < 4.78 is 1.91. The number of thioether (sulfide) groups is 1. The van der Waals surface area contributed by atoms with E-state index in [0.717, 1.165) is 22.0 Å². The number of carbonyl (C=O) groups is 1. The first-order valence-corrected chi connectivity index (χ1v) is 8.62. The van der Waals surface area contributed by atoms with Crippen molar-refractivity contribution >= 4 is 23.4 Å². The molecule has 0 unspecified atom stereocenters. The van der Waals surface area contributed by atoms with Crippen LogP contribution in [0.4, 0.5) is 5.69 Å². The Morgan fingerprint density at radius 3 is 2.54 bits per heavy atom. The van der Waals surface area contributed by atoms with Gasteiger partial charge in [-0.05, 0) is 18.6 Å². The number of nitrogens with zero attached hydrogens (tertiary/aromatic N) is 2. The summed E-state index contributed by atoms with van der Waals surface area (Å²) >= 11 is 1.45. The van der Waals surface area contributed by atoms with E-state index in [1.807, 2.05) is 79.3 Å². The maximum Gasteiger partial charge on any atom is 0.237 e. The summed E-state index contributed by atoms with van der Waals surface area (Å²) in [5.41, 5.74) is 2.92. The number of anilines is 1. The van der Waals surface area contributed by atoms with E-state index in [2.05, 4.69) is 10.3 Å². The van der Waals surface area contributed by atoms with Gasteiger partial charge < -0.3 is 9.88 Å². The molecule has 5 heteroatoms. The summed E-state index contributed by atoms with van der Waals surface area (Å²) in [5, 5.41) is 3.63. The second kappa shape index (κ2) is 7.36. The molecule has 0 spiro atoms. The van der Waals surface area contributed by atoms with Crippen molar-refractivity contribution in [1.82, 2.24) is 9.55 Å². The Kier molecular flexibility index (Phi) is 5.01. The van der Waals surface area contributed by atoms with Crippen LogP contribution in [0.3, 0.4) is 0 Å². The lowest BCUT2D eigenvalue weighted by Crippen LogP contribution is -2.23. The largest absolute Gasteiger partial charge is 0.329 e. The lowest BCUT2D eigenvalue weighted by atomic mass is 10.0. The van der Waals surface area contributed by atoms with Gasteiger partial charge in [0.25, 0.3) is 0 Å². The van der Waals surface area contributed by atoms with E-state index in [4.69, 9.17) is 0 Å². The smallest absolute Gasteiger partial charge is 0.237 e. The minimum absolute atomic E-state index is 0.0358. The van der Waals surface area contributed by atoms with E-state index in [1.165, 1.54) is 11.8 Å². The second-order valence-electron chi connectivity index (χ2n) is 5.48. The quantitative estimate of drug-likeness (QED) is 0.710. The Hall–Kier alpha value is -2.53. The molecule has 1 aromatic heterocycles. The molecule has 0 aliphatic rings. The van der Waals surface area contributed by atoms with Crippen LogP contribution in [0.5, 0.6) is 0 Å². The van der Waals surface area contributed by atoms with Crippen molar-refractivity contribution in [1.29, 1.82) is 0 Å². The molecule has 0 fully saturated rings. The van der Waals surface area contributed by atoms with Gasteiger partial charge in [0.05, 0.1) is 5.25 Å². The normalized spacial score (nSPS) is 11.9. The van der Waals surface area contributed by atoms with Crippen LogP contribution in [0.2, 0.25) is 0 Å². The molecule has 4 nitrogen and oxygen atoms in total. The fraction of sp³-hybridized carbons (Fsp3) is 0.158. The topological polar surface area (TPSA) is 46.9 Å². The van der Waals surface area contributed by atoms with Gasteiger partial charge in [-0.3, -0.25) is 4.79 Å². The molecule has 3 aromatic rings. The molecule has 1 atom stereocenters. The van der Waals surface area contributed by atoms with Crippen LogP contribution in [0.1, 0.15) is 6.92 Å². The summed E-state index contributed by atoms with van der Waals surface area (Å²) in [6.07, 6.45) is 3.61. The number of benzene rings is 2. The number of hydrogen-bond acceptors (Lipinski definition) is 3. The summed E-state index contributed by atoms with van der Waals surface area (Å²) in [5.74, 6) is -0.0358. The Labute approximate surface area is 145 Å². The number of nitrogens with one attached hydrogen (secondary N) is 1. The zero-order valence-electron chi connectivity index (χ0n) is 13.6. The molecule has 0 saturated carbocycles. The monoisotopic (exact) mass is 337 g/mol. The number of imidazole rings is 1. The van der Waals surface area contributed by atoms with E-state index in [-0.39, 0.29) is 11.2 Å². The van der Waals surface area contributed by atoms with Gasteiger partial charge in [-0.25, -0.2) is 4.98 Å². The first-order chi connectivity index (χ1) is 11.6. The van der Waals surface area contributed by atoms with Crippen molar-refractivity contribution in [3.63, 3.8) is 0 Å². The highest BCUT2D eigenvalue weighted by atomic mass is 32.2. The van der Waals surface area contributed by atoms with Crippen molar-refractivity contribution in [3.05, 3.63) is 67.0 Å². The third-order valence-electron chi connectivity index (χ3n) is 3.70. The highest BCUT2D eigenvalue weighted by Gasteiger charge is 2.18. The molecule has 0 bridgehead atoms. The van der Waals surface area contributed by atoms with Gasteiger partial charge in [-0.1, -0.05) is 60.3 Å². The van der Waals surface area contributed by atoms with Crippen LogP contribution in [-0.2, 0) is 11.8 Å². The number of hydrogen-bond donors (Lipinski definition) is 1. The maximum absolute atomic E-state index is 12.6. The second-order valence-corrected chi connectivity index (χ2v) is 6.79. The summed E-state index contributed by atoms with van der Waals surface area (Å²) in [6.45, 7) is 1.89. The molecule has 1 N–H and O–H groups in total. The number of aryl methyl sites for hydroxylation is 1. The minimum Gasteiger partial charge on any atom is -0.329 e. The van der Waals surface area contributed by atoms with E-state index in [9.17, 15) is 4.79 Å². The highest BCUT2D eigenvalue weighted by molar-refractivity contribution is 8.00. The molecule has 0 aliphatic carbocycles. The molecular weight excluding hydrogens is 318 g/mol. The number of rotatable bonds is 5. The molecule has 0 radical (unpaired) electrons. The van der Waals surface area contributed by atoms with Crippen LogP contribution >= 0.6 is 11.8 Å². The number of amides is 1. The summed E-state index contributed by atoms with van der Waals surface area (Å²) in [6, 6.07) is 17.9. The number of aromatic nitrogens is 2. The zero-order valence-corrected chi connectivity index (χ0v) is 14.5. The van der Waals surface area contributed by atoms with Crippen LogP contribution in [-0.4, -0.2) is 20.7 Å². The van der Waals surface area contributed by atoms with Gasteiger partial charge >= 0.3 is 0 Å². The number of para-hydroxylation sites is 1. The molecule has 1 heterocycles. The van der Waals surface area contributed by atoms with Crippen molar-refractivity contribution in [3.8, 4) is 11.1 Å². The molecule has 1 amide bonds. The van der Waals surface area contributed by atoms with Gasteiger partial charge in [-0.15, -0.1) is 0 Å². The van der Waals surface area contributed by atoms with E-state index in [1.54, 1.807) is 6.20 Å². The van der Waals surface area contributed by atoms with Gasteiger partial charge in [0.2, 0.25) is 5.91 Å². The van der Waals surface area contributed by atoms with Crippen LogP contribution in [0.25, 0.3) is 11.1 Å². The van der Waals surface area contributed by atoms with Crippen molar-refractivity contribution in [2.24, 2.45) is 7.05 Å². The third kappa shape index (κ3) is 3.68. The minimum atomic E-state index is -0.241. The Bertz CT molecular complexity index is 829. The standard InChI is InChI=1S/C19H19N3OS/c1-14(24-19-20-12-13-22(19)2)18(23)21-17-11-7-6-10-16(17)15-8-4-3-5-9-15/h3-14H,1-2H3,(H,21,23)/t14-/m1/s1. The molecule has 0 saturated heterocycles. The van der Waals surface area contributed by atoms with Gasteiger partial charge in [0.1, 0.15) is 0 Å². The summed E-state index contributed by atoms with van der Waals surface area (Å²) in [7, 11) is 1.92. The Morgan fingerprint density at radius 2 is 1.83 bits per heavy atom. The third-order valence-corrected chi connectivity index (χ3v) is 4.87. The van der Waals surface area contributed by atoms with Gasteiger partial charge in [0.15, 0.2) is 5.16 Å². The predicted octanol–water partition coefficient (Wildman–Crippen LogP) is 4.21. The van der Waals surface area contributed by atoms with Crippen molar-refractivity contribution < 1.29 is 4.79 Å². The lowest BCUT2D eigenvalue weighted by Gasteiger charge is -2.14. The van der Waals surface area contributed by atoms with E-state index >= 15 is 0 Å². The van der Waals surface area contributed by atoms with Gasteiger partial charge in [0, 0.05) is 30.7 Å². The Balaban J connectivity index is 1.76. The first-order valence-electron chi connectivity index (χ1n) is 7.74. The highest BCUT2D eigenvalue weighted by Crippen LogP contribution is 2.29. The van der Waals surface area contributed by atoms with E-state index in [0.29, 0.717) is 0 Å². The lowest BCUT2D eigenvalue weighted by molar-refractivity contribution is -0.115. The van der Waals surface area contributed by atoms with Crippen molar-refractivity contribution in [2.45, 2.75) is 17.3 Å².